The van der Waals surface area contributed by atoms with Crippen LogP contribution in [0, 0.1) is 0 Å². The van der Waals surface area contributed by atoms with Crippen LogP contribution < -0.4 is 5.32 Å². The maximum absolute atomic E-state index is 12.7. The molecule has 0 saturated carbocycles. The second-order valence-corrected chi connectivity index (χ2v) is 8.04. The van der Waals surface area contributed by atoms with Crippen LogP contribution in [0.1, 0.15) is 27.6 Å². The van der Waals surface area contributed by atoms with E-state index in [4.69, 9.17) is 4.52 Å². The van der Waals surface area contributed by atoms with Gasteiger partial charge in [-0.2, -0.15) is 0 Å². The van der Waals surface area contributed by atoms with Gasteiger partial charge < -0.3 is 14.7 Å². The molecule has 0 spiro atoms. The number of nitrogens with zero attached hydrogens (tertiary/aromatic N) is 3. The summed E-state index contributed by atoms with van der Waals surface area (Å²) in [6.45, 7) is 4.06. The van der Waals surface area contributed by atoms with Crippen molar-refractivity contribution in [3.63, 3.8) is 0 Å². The van der Waals surface area contributed by atoms with E-state index >= 15 is 0 Å². The number of aromatic nitrogens is 1. The molecule has 3 heterocycles. The normalized spacial score (nSPS) is 22.1. The fourth-order valence-corrected chi connectivity index (χ4v) is 4.94. The summed E-state index contributed by atoms with van der Waals surface area (Å²) in [4.78, 5) is 17.2. The van der Waals surface area contributed by atoms with E-state index in [1.54, 1.807) is 6.07 Å². The summed E-state index contributed by atoms with van der Waals surface area (Å²) in [6, 6.07) is 23.8. The zero-order chi connectivity index (χ0) is 20.3. The zero-order valence-electron chi connectivity index (χ0n) is 16.9. The highest BCUT2D eigenvalue weighted by Crippen LogP contribution is 2.34. The van der Waals surface area contributed by atoms with Crippen molar-refractivity contribution in [2.45, 2.75) is 18.0 Å². The van der Waals surface area contributed by atoms with Gasteiger partial charge in [0.15, 0.2) is 0 Å². The molecule has 2 aliphatic heterocycles. The van der Waals surface area contributed by atoms with Gasteiger partial charge in [-0.1, -0.05) is 65.8 Å². The van der Waals surface area contributed by atoms with E-state index in [2.05, 4.69) is 76.0 Å². The minimum Gasteiger partial charge on any atom is -0.351 e. The smallest absolute Gasteiger partial charge is 0.292 e. The van der Waals surface area contributed by atoms with Gasteiger partial charge in [0.1, 0.15) is 0 Å². The van der Waals surface area contributed by atoms with E-state index in [-0.39, 0.29) is 17.9 Å². The summed E-state index contributed by atoms with van der Waals surface area (Å²) >= 11 is 0. The summed E-state index contributed by atoms with van der Waals surface area (Å²) in [5.41, 5.74) is 2.66. The molecule has 0 bridgehead atoms. The lowest BCUT2D eigenvalue weighted by molar-refractivity contribution is 0.0126. The van der Waals surface area contributed by atoms with E-state index in [1.807, 2.05) is 4.90 Å². The van der Waals surface area contributed by atoms with Crippen molar-refractivity contribution >= 4 is 5.91 Å². The first-order valence-electron chi connectivity index (χ1n) is 10.6. The van der Waals surface area contributed by atoms with Gasteiger partial charge in [0.25, 0.3) is 5.91 Å². The molecule has 2 saturated heterocycles. The van der Waals surface area contributed by atoms with Gasteiger partial charge in [-0.25, -0.2) is 0 Å². The Hall–Kier alpha value is -2.96. The molecule has 0 unspecified atom stereocenters. The predicted molar refractivity (Wildman–Crippen MR) is 114 cm³/mol. The second-order valence-electron chi connectivity index (χ2n) is 8.04. The monoisotopic (exact) mass is 402 g/mol. The first-order valence-corrected chi connectivity index (χ1v) is 10.6. The highest BCUT2D eigenvalue weighted by molar-refractivity contribution is 5.91. The summed E-state index contributed by atoms with van der Waals surface area (Å²) in [7, 11) is 0. The fraction of sp³-hybridized carbons (Fsp3) is 0.333. The average molecular weight is 402 g/mol. The first-order chi connectivity index (χ1) is 14.8. The number of carbonyl (C=O) groups excluding carboxylic acids is 1. The van der Waals surface area contributed by atoms with Gasteiger partial charge in [-0.15, -0.1) is 0 Å². The molecular weight excluding hydrogens is 376 g/mol. The molecule has 5 rings (SSSR count). The third-order valence-electron chi connectivity index (χ3n) is 6.33. The number of rotatable bonds is 4. The maximum Gasteiger partial charge on any atom is 0.292 e. The number of hydrogen-bond acceptors (Lipinski definition) is 5. The third-order valence-corrected chi connectivity index (χ3v) is 6.33. The highest BCUT2D eigenvalue weighted by atomic mass is 16.5. The van der Waals surface area contributed by atoms with Crippen LogP contribution >= 0.6 is 0 Å². The van der Waals surface area contributed by atoms with Crippen LogP contribution in [0.5, 0.6) is 0 Å². The van der Waals surface area contributed by atoms with Crippen LogP contribution in [-0.2, 0) is 0 Å². The van der Waals surface area contributed by atoms with Crippen LogP contribution in [0.2, 0.25) is 0 Å². The third kappa shape index (κ3) is 3.64. The van der Waals surface area contributed by atoms with Crippen molar-refractivity contribution in [2.24, 2.45) is 0 Å². The lowest BCUT2D eigenvalue weighted by Crippen LogP contribution is -2.66. The average Bonchev–Trinajstić information content (AvgIpc) is 3.35. The van der Waals surface area contributed by atoms with Crippen molar-refractivity contribution in [2.75, 3.05) is 32.7 Å². The number of piperazine rings is 2. The first kappa shape index (κ1) is 19.0. The zero-order valence-corrected chi connectivity index (χ0v) is 16.9. The quantitative estimate of drug-likeness (QED) is 0.727. The molecular formula is C24H26N4O2. The Morgan fingerprint density at radius 1 is 0.967 bits per heavy atom. The Bertz CT molecular complexity index is 922. The van der Waals surface area contributed by atoms with Crippen LogP contribution in [0.15, 0.2) is 77.4 Å². The predicted octanol–water partition coefficient (Wildman–Crippen LogP) is 2.60. The molecule has 2 atom stereocenters. The molecule has 1 aromatic heterocycles. The maximum atomic E-state index is 12.7. The van der Waals surface area contributed by atoms with E-state index in [1.165, 1.54) is 17.3 Å². The van der Waals surface area contributed by atoms with Crippen molar-refractivity contribution in [1.82, 2.24) is 20.3 Å². The lowest BCUT2D eigenvalue weighted by Gasteiger charge is -2.50. The van der Waals surface area contributed by atoms with E-state index in [0.717, 1.165) is 19.6 Å². The van der Waals surface area contributed by atoms with Crippen molar-refractivity contribution in [3.05, 3.63) is 89.8 Å². The number of hydrogen-bond donors (Lipinski definition) is 1. The Kier molecular flexibility index (Phi) is 5.34. The minimum absolute atomic E-state index is 0.0723. The molecule has 154 valence electrons. The molecule has 0 aliphatic carbocycles. The molecule has 2 aromatic carbocycles. The van der Waals surface area contributed by atoms with Gasteiger partial charge >= 0.3 is 0 Å². The molecule has 6 heteroatoms. The molecule has 1 amide bonds. The van der Waals surface area contributed by atoms with Gasteiger partial charge in [-0.3, -0.25) is 9.69 Å². The topological polar surface area (TPSA) is 61.6 Å². The molecule has 3 aromatic rings. The largest absolute Gasteiger partial charge is 0.351 e. The number of carbonyl (C=O) groups is 1. The molecule has 2 aliphatic rings. The van der Waals surface area contributed by atoms with Gasteiger partial charge in [0, 0.05) is 56.8 Å². The van der Waals surface area contributed by atoms with Crippen LogP contribution in [-0.4, -0.2) is 65.7 Å². The Morgan fingerprint density at radius 2 is 1.67 bits per heavy atom. The van der Waals surface area contributed by atoms with Gasteiger partial charge in [-0.05, 0) is 11.1 Å². The summed E-state index contributed by atoms with van der Waals surface area (Å²) in [6.07, 6.45) is 1.52. The van der Waals surface area contributed by atoms with E-state index < -0.39 is 0 Å². The SMILES string of the molecule is O=C(c1ccno1)N1CCN2[C@H](CNC[C@H]2C(c2ccccc2)c2ccccc2)C1. The summed E-state index contributed by atoms with van der Waals surface area (Å²) in [5, 5.41) is 7.31. The molecule has 0 radical (unpaired) electrons. The highest BCUT2D eigenvalue weighted by Gasteiger charge is 2.40. The molecule has 6 nitrogen and oxygen atoms in total. The standard InChI is InChI=1S/C24H26N4O2/c29-24(22-11-12-26-30-22)27-13-14-28-20(17-27)15-25-16-21(28)23(18-7-3-1-4-8-18)19-9-5-2-6-10-19/h1-12,20-21,23,25H,13-17H2/t20-,21+/m1/s1. The van der Waals surface area contributed by atoms with Crippen molar-refractivity contribution < 1.29 is 9.32 Å². The van der Waals surface area contributed by atoms with E-state index in [9.17, 15) is 4.79 Å². The number of amides is 1. The molecule has 2 fully saturated rings. The Labute approximate surface area is 176 Å². The number of fused-ring (bicyclic) bond motifs is 1. The van der Waals surface area contributed by atoms with Gasteiger partial charge in [0.05, 0.1) is 6.20 Å². The van der Waals surface area contributed by atoms with Crippen LogP contribution in [0.25, 0.3) is 0 Å². The van der Waals surface area contributed by atoms with Crippen molar-refractivity contribution in [1.29, 1.82) is 0 Å². The van der Waals surface area contributed by atoms with Crippen LogP contribution in [0.4, 0.5) is 0 Å². The number of benzene rings is 2. The van der Waals surface area contributed by atoms with Crippen LogP contribution in [0.3, 0.4) is 0 Å². The van der Waals surface area contributed by atoms with Gasteiger partial charge in [0.2, 0.25) is 5.76 Å². The molecule has 1 N–H and O–H groups in total. The minimum atomic E-state index is -0.0723. The summed E-state index contributed by atoms with van der Waals surface area (Å²) < 4.78 is 5.09. The lowest BCUT2D eigenvalue weighted by atomic mass is 9.82. The second kappa shape index (κ2) is 8.42. The molecule has 30 heavy (non-hydrogen) atoms. The fourth-order valence-electron chi connectivity index (χ4n) is 4.94. The Balaban J connectivity index is 1.41. The van der Waals surface area contributed by atoms with Crippen molar-refractivity contribution in [3.8, 4) is 0 Å². The van der Waals surface area contributed by atoms with E-state index in [0.29, 0.717) is 24.9 Å². The Morgan fingerprint density at radius 3 is 2.30 bits per heavy atom. The number of nitrogens with one attached hydrogen (secondary N) is 1. The summed E-state index contributed by atoms with van der Waals surface area (Å²) in [5.74, 6) is 0.520.